The summed E-state index contributed by atoms with van der Waals surface area (Å²) in [5.41, 5.74) is 2.09. The zero-order valence-corrected chi connectivity index (χ0v) is 15.3. The summed E-state index contributed by atoms with van der Waals surface area (Å²) in [6.45, 7) is 6.95. The molecule has 1 heterocycles. The summed E-state index contributed by atoms with van der Waals surface area (Å²) in [5.74, 6) is 0.0574. The van der Waals surface area contributed by atoms with Crippen LogP contribution >= 0.6 is 0 Å². The first-order valence-electron chi connectivity index (χ1n) is 8.60. The Morgan fingerprint density at radius 2 is 2.04 bits per heavy atom. The molecule has 0 bridgehead atoms. The van der Waals surface area contributed by atoms with E-state index in [0.717, 1.165) is 22.9 Å². The third-order valence-electron chi connectivity index (χ3n) is 4.18. The topological polar surface area (TPSA) is 82.8 Å². The maximum atomic E-state index is 11.9. The lowest BCUT2D eigenvalue weighted by molar-refractivity contribution is -0.122. The van der Waals surface area contributed by atoms with Crippen molar-refractivity contribution in [3.05, 3.63) is 39.2 Å². The number of nitrogens with zero attached hydrogens (tertiary/aromatic N) is 1. The lowest BCUT2D eigenvalue weighted by Gasteiger charge is -2.19. The van der Waals surface area contributed by atoms with Gasteiger partial charge in [-0.2, -0.15) is 0 Å². The molecule has 0 unspecified atom stereocenters. The molecule has 0 aliphatic rings. The highest BCUT2D eigenvalue weighted by atomic mass is 16.4. The highest BCUT2D eigenvalue weighted by molar-refractivity contribution is 5.86. The number of hydrogen-bond acceptors (Lipinski definition) is 5. The van der Waals surface area contributed by atoms with E-state index < -0.39 is 5.63 Å². The van der Waals surface area contributed by atoms with E-state index >= 15 is 0 Å². The van der Waals surface area contributed by atoms with E-state index in [4.69, 9.17) is 4.42 Å². The third-order valence-corrected chi connectivity index (χ3v) is 4.18. The molecule has 0 aliphatic carbocycles. The zero-order valence-electron chi connectivity index (χ0n) is 15.3. The van der Waals surface area contributed by atoms with E-state index in [1.807, 2.05) is 26.8 Å². The first kappa shape index (κ1) is 19.0. The molecule has 6 nitrogen and oxygen atoms in total. The predicted molar refractivity (Wildman–Crippen MR) is 97.9 cm³/mol. The Morgan fingerprint density at radius 3 is 2.68 bits per heavy atom. The van der Waals surface area contributed by atoms with Crippen LogP contribution in [0.15, 0.2) is 21.3 Å². The number of likely N-dealkylation sites (N-methyl/N-ethyl adjacent to an activating group) is 1. The highest BCUT2D eigenvalue weighted by Gasteiger charge is 2.18. The van der Waals surface area contributed by atoms with E-state index in [1.165, 1.54) is 6.07 Å². The minimum absolute atomic E-state index is 0.0718. The van der Waals surface area contributed by atoms with Gasteiger partial charge in [-0.3, -0.25) is 9.69 Å². The molecule has 0 radical (unpaired) electrons. The van der Waals surface area contributed by atoms with Gasteiger partial charge in [0, 0.05) is 24.5 Å². The first-order valence-corrected chi connectivity index (χ1v) is 8.60. The molecule has 1 aromatic heterocycles. The van der Waals surface area contributed by atoms with Crippen molar-refractivity contribution in [2.75, 3.05) is 20.1 Å². The summed E-state index contributed by atoms with van der Waals surface area (Å²) in [6, 6.07) is 3.31. The van der Waals surface area contributed by atoms with Crippen molar-refractivity contribution in [2.45, 2.75) is 40.2 Å². The molecule has 0 saturated heterocycles. The van der Waals surface area contributed by atoms with Crippen LogP contribution in [0.5, 0.6) is 5.75 Å². The van der Waals surface area contributed by atoms with Crippen LogP contribution in [-0.4, -0.2) is 36.1 Å². The summed E-state index contributed by atoms with van der Waals surface area (Å²) in [6.07, 6.45) is 1.54. The van der Waals surface area contributed by atoms with Gasteiger partial charge in [-0.1, -0.05) is 13.8 Å². The Hall–Kier alpha value is -2.34. The van der Waals surface area contributed by atoms with Gasteiger partial charge in [0.1, 0.15) is 11.3 Å². The van der Waals surface area contributed by atoms with Crippen LogP contribution in [-0.2, 0) is 17.8 Å². The second-order valence-electron chi connectivity index (χ2n) is 6.36. The molecule has 2 aromatic rings. The van der Waals surface area contributed by atoms with Crippen LogP contribution in [0.1, 0.15) is 37.0 Å². The van der Waals surface area contributed by atoms with Crippen molar-refractivity contribution >= 4 is 16.9 Å². The van der Waals surface area contributed by atoms with Gasteiger partial charge in [0.05, 0.1) is 12.1 Å². The number of aromatic hydroxyl groups is 1. The van der Waals surface area contributed by atoms with Crippen LogP contribution in [0, 0.1) is 6.92 Å². The molecule has 0 spiro atoms. The molecular formula is C19H26N2O4. The Kier molecular flexibility index (Phi) is 6.20. The van der Waals surface area contributed by atoms with Crippen LogP contribution < -0.4 is 10.9 Å². The SMILES string of the molecule is CCCNC(=O)CN(C)Cc1c(O)c(CC)cc2c(C)cc(=O)oc12. The van der Waals surface area contributed by atoms with E-state index in [0.29, 0.717) is 30.7 Å². The number of carbonyl (C=O) groups excluding carboxylic acids is 1. The number of benzene rings is 1. The molecule has 25 heavy (non-hydrogen) atoms. The maximum absolute atomic E-state index is 11.9. The van der Waals surface area contributed by atoms with Gasteiger partial charge in [-0.25, -0.2) is 4.79 Å². The van der Waals surface area contributed by atoms with E-state index in [2.05, 4.69) is 5.32 Å². The largest absolute Gasteiger partial charge is 0.507 e. The van der Waals surface area contributed by atoms with Crippen LogP contribution in [0.2, 0.25) is 0 Å². The van der Waals surface area contributed by atoms with Crippen molar-refractivity contribution in [3.63, 3.8) is 0 Å². The van der Waals surface area contributed by atoms with Crippen LogP contribution in [0.4, 0.5) is 0 Å². The van der Waals surface area contributed by atoms with E-state index in [1.54, 1.807) is 11.9 Å². The zero-order chi connectivity index (χ0) is 18.6. The van der Waals surface area contributed by atoms with E-state index in [-0.39, 0.29) is 18.2 Å². The molecule has 2 N–H and O–H groups in total. The molecule has 0 saturated carbocycles. The molecule has 0 fully saturated rings. The number of fused-ring (bicyclic) bond motifs is 1. The van der Waals surface area contributed by atoms with Gasteiger partial charge < -0.3 is 14.8 Å². The Labute approximate surface area is 147 Å². The number of phenols is 1. The van der Waals surface area contributed by atoms with Crippen molar-refractivity contribution in [2.24, 2.45) is 0 Å². The second kappa shape index (κ2) is 8.16. The van der Waals surface area contributed by atoms with Gasteiger partial charge in [-0.05, 0) is 44.0 Å². The number of phenolic OH excluding ortho intramolecular Hbond substituents is 1. The van der Waals surface area contributed by atoms with Crippen LogP contribution in [0.25, 0.3) is 11.0 Å². The number of carbonyl (C=O) groups is 1. The number of aryl methyl sites for hydroxylation is 2. The molecule has 1 aromatic carbocycles. The van der Waals surface area contributed by atoms with Crippen molar-refractivity contribution in [1.82, 2.24) is 10.2 Å². The van der Waals surface area contributed by atoms with Crippen LogP contribution in [0.3, 0.4) is 0 Å². The van der Waals surface area contributed by atoms with Gasteiger partial charge in [0.15, 0.2) is 0 Å². The second-order valence-corrected chi connectivity index (χ2v) is 6.36. The number of nitrogens with one attached hydrogen (secondary N) is 1. The molecular weight excluding hydrogens is 320 g/mol. The summed E-state index contributed by atoms with van der Waals surface area (Å²) >= 11 is 0. The Balaban J connectivity index is 2.40. The minimum Gasteiger partial charge on any atom is -0.507 e. The fourth-order valence-corrected chi connectivity index (χ4v) is 2.87. The van der Waals surface area contributed by atoms with Crippen molar-refractivity contribution < 1.29 is 14.3 Å². The van der Waals surface area contributed by atoms with Crippen molar-refractivity contribution in [1.29, 1.82) is 0 Å². The predicted octanol–water partition coefficient (Wildman–Crippen LogP) is 2.33. The van der Waals surface area contributed by atoms with E-state index in [9.17, 15) is 14.7 Å². The number of amides is 1. The molecule has 2 rings (SSSR count). The fraction of sp³-hybridized carbons (Fsp3) is 0.474. The molecule has 0 atom stereocenters. The maximum Gasteiger partial charge on any atom is 0.336 e. The van der Waals surface area contributed by atoms with Gasteiger partial charge in [0.2, 0.25) is 5.91 Å². The average Bonchev–Trinajstić information content (AvgIpc) is 2.55. The minimum atomic E-state index is -0.446. The summed E-state index contributed by atoms with van der Waals surface area (Å²) in [5, 5.41) is 14.2. The smallest absolute Gasteiger partial charge is 0.336 e. The lowest BCUT2D eigenvalue weighted by Crippen LogP contribution is -2.35. The normalized spacial score (nSPS) is 11.2. The summed E-state index contributed by atoms with van der Waals surface area (Å²) in [7, 11) is 1.79. The third kappa shape index (κ3) is 4.39. The molecule has 6 heteroatoms. The molecule has 136 valence electrons. The Morgan fingerprint density at radius 1 is 1.32 bits per heavy atom. The first-order chi connectivity index (χ1) is 11.9. The monoisotopic (exact) mass is 346 g/mol. The summed E-state index contributed by atoms with van der Waals surface area (Å²) in [4.78, 5) is 25.5. The number of hydrogen-bond donors (Lipinski definition) is 2. The molecule has 1 amide bonds. The quantitative estimate of drug-likeness (QED) is 0.752. The van der Waals surface area contributed by atoms with Gasteiger partial charge in [0.25, 0.3) is 0 Å². The van der Waals surface area contributed by atoms with Gasteiger partial charge in [-0.15, -0.1) is 0 Å². The average molecular weight is 346 g/mol. The number of rotatable bonds is 7. The Bertz CT molecular complexity index is 826. The summed E-state index contributed by atoms with van der Waals surface area (Å²) < 4.78 is 5.38. The van der Waals surface area contributed by atoms with Crippen molar-refractivity contribution in [3.8, 4) is 5.75 Å². The highest BCUT2D eigenvalue weighted by Crippen LogP contribution is 2.33. The standard InChI is InChI=1S/C19H26N2O4/c1-5-7-20-16(22)11-21(4)10-15-18(24)13(6-2)9-14-12(3)8-17(23)25-19(14)15/h8-9,24H,5-7,10-11H2,1-4H3,(H,20,22). The van der Waals surface area contributed by atoms with Gasteiger partial charge >= 0.3 is 5.63 Å². The lowest BCUT2D eigenvalue weighted by atomic mass is 9.99. The fourth-order valence-electron chi connectivity index (χ4n) is 2.87. The molecule has 0 aliphatic heterocycles.